The van der Waals surface area contributed by atoms with Gasteiger partial charge >= 0.3 is 0 Å². The van der Waals surface area contributed by atoms with Crippen molar-refractivity contribution in [3.63, 3.8) is 0 Å². The molecule has 31 heavy (non-hydrogen) atoms. The maximum atomic E-state index is 12.6. The largest absolute Gasteiger partial charge is 0.470 e. The Balaban J connectivity index is 1.50. The van der Waals surface area contributed by atoms with Crippen molar-refractivity contribution >= 4 is 15.9 Å². The number of ether oxygens (including phenoxy) is 2. The highest BCUT2D eigenvalue weighted by atomic mass is 32.2. The Morgan fingerprint density at radius 2 is 1.71 bits per heavy atom. The zero-order chi connectivity index (χ0) is 22.3. The highest BCUT2D eigenvalue weighted by molar-refractivity contribution is 7.89. The van der Waals surface area contributed by atoms with Gasteiger partial charge < -0.3 is 9.47 Å². The molecule has 7 heteroatoms. The molecule has 0 aromatic heterocycles. The van der Waals surface area contributed by atoms with Gasteiger partial charge in [0.15, 0.2) is 5.90 Å². The van der Waals surface area contributed by atoms with E-state index in [1.165, 1.54) is 4.31 Å². The molecule has 0 radical (unpaired) electrons. The first-order valence-corrected chi connectivity index (χ1v) is 12.2. The molecule has 0 saturated carbocycles. The Labute approximate surface area is 186 Å². The Hall–Kier alpha value is -2.22. The lowest BCUT2D eigenvalue weighted by atomic mass is 10.0. The smallest absolute Gasteiger partial charge is 0.242 e. The van der Waals surface area contributed by atoms with E-state index in [1.807, 2.05) is 24.3 Å². The second-order valence-electron chi connectivity index (χ2n) is 7.98. The van der Waals surface area contributed by atoms with Crippen molar-refractivity contribution in [3.05, 3.63) is 66.2 Å². The van der Waals surface area contributed by atoms with Crippen LogP contribution >= 0.6 is 0 Å². The van der Waals surface area contributed by atoms with Crippen molar-refractivity contribution in [2.24, 2.45) is 10.9 Å². The summed E-state index contributed by atoms with van der Waals surface area (Å²) >= 11 is 0. The SMILES string of the molecule is COC[C@@H]1N=C(C(C)CCCCN(C)S(=O)(=O)c2ccccc2)O[C@H]1c1ccccc1. The molecule has 0 amide bonds. The number of unbranched alkanes of at least 4 members (excludes halogenated alkanes) is 1. The van der Waals surface area contributed by atoms with Gasteiger partial charge in [-0.2, -0.15) is 0 Å². The highest BCUT2D eigenvalue weighted by Gasteiger charge is 2.34. The fourth-order valence-corrected chi connectivity index (χ4v) is 4.97. The van der Waals surface area contributed by atoms with E-state index < -0.39 is 10.0 Å². The maximum Gasteiger partial charge on any atom is 0.242 e. The van der Waals surface area contributed by atoms with Gasteiger partial charge in [0.05, 0.1) is 11.5 Å². The van der Waals surface area contributed by atoms with Crippen molar-refractivity contribution in [2.45, 2.75) is 43.2 Å². The summed E-state index contributed by atoms with van der Waals surface area (Å²) in [5.41, 5.74) is 1.10. The van der Waals surface area contributed by atoms with E-state index in [9.17, 15) is 8.42 Å². The lowest BCUT2D eigenvalue weighted by molar-refractivity contribution is 0.117. The number of benzene rings is 2. The number of hydrogen-bond acceptors (Lipinski definition) is 5. The van der Waals surface area contributed by atoms with Gasteiger partial charge in [0, 0.05) is 26.6 Å². The van der Waals surface area contributed by atoms with E-state index in [1.54, 1.807) is 38.4 Å². The van der Waals surface area contributed by atoms with Gasteiger partial charge in [0.25, 0.3) is 0 Å². The first-order chi connectivity index (χ1) is 14.9. The molecular weight excluding hydrogens is 412 g/mol. The monoisotopic (exact) mass is 444 g/mol. The molecule has 0 N–H and O–H groups in total. The van der Waals surface area contributed by atoms with Crippen LogP contribution in [0.3, 0.4) is 0 Å². The molecule has 0 spiro atoms. The zero-order valence-electron chi connectivity index (χ0n) is 18.5. The molecule has 1 aliphatic heterocycles. The Bertz CT molecular complexity index is 948. The van der Waals surface area contributed by atoms with Gasteiger partial charge in [0.2, 0.25) is 10.0 Å². The Morgan fingerprint density at radius 3 is 2.35 bits per heavy atom. The van der Waals surface area contributed by atoms with E-state index in [2.05, 4.69) is 19.1 Å². The van der Waals surface area contributed by atoms with E-state index in [0.717, 1.165) is 30.7 Å². The maximum absolute atomic E-state index is 12.6. The average molecular weight is 445 g/mol. The molecular formula is C24H32N2O4S. The molecule has 1 unspecified atom stereocenters. The van der Waals surface area contributed by atoms with Gasteiger partial charge in [-0.25, -0.2) is 17.7 Å². The van der Waals surface area contributed by atoms with Crippen molar-refractivity contribution in [1.29, 1.82) is 0 Å². The summed E-state index contributed by atoms with van der Waals surface area (Å²) in [5.74, 6) is 0.935. The van der Waals surface area contributed by atoms with E-state index in [0.29, 0.717) is 18.0 Å². The van der Waals surface area contributed by atoms with Gasteiger partial charge in [-0.1, -0.05) is 61.9 Å². The van der Waals surface area contributed by atoms with Crippen LogP contribution in [0.25, 0.3) is 0 Å². The Morgan fingerprint density at radius 1 is 1.06 bits per heavy atom. The molecule has 1 aliphatic rings. The van der Waals surface area contributed by atoms with E-state index >= 15 is 0 Å². The average Bonchev–Trinajstić information content (AvgIpc) is 3.22. The number of nitrogens with zero attached hydrogens (tertiary/aromatic N) is 2. The van der Waals surface area contributed by atoms with Crippen molar-refractivity contribution in [1.82, 2.24) is 4.31 Å². The van der Waals surface area contributed by atoms with Gasteiger partial charge in [-0.3, -0.25) is 0 Å². The first kappa shape index (κ1) is 23.4. The fourth-order valence-electron chi connectivity index (χ4n) is 3.74. The highest BCUT2D eigenvalue weighted by Crippen LogP contribution is 2.32. The summed E-state index contributed by atoms with van der Waals surface area (Å²) in [6.45, 7) is 3.11. The summed E-state index contributed by atoms with van der Waals surface area (Å²) in [7, 11) is -0.122. The topological polar surface area (TPSA) is 68.2 Å². The fraction of sp³-hybridized carbons (Fsp3) is 0.458. The predicted molar refractivity (Wildman–Crippen MR) is 123 cm³/mol. The summed E-state index contributed by atoms with van der Waals surface area (Å²) in [6, 6.07) is 18.6. The molecule has 2 aromatic rings. The molecule has 1 heterocycles. The normalized spacial score (nSPS) is 19.8. The van der Waals surface area contributed by atoms with Gasteiger partial charge in [-0.05, 0) is 30.5 Å². The first-order valence-electron chi connectivity index (χ1n) is 10.7. The van der Waals surface area contributed by atoms with E-state index in [-0.39, 0.29) is 18.1 Å². The van der Waals surface area contributed by atoms with Crippen LogP contribution in [0, 0.1) is 5.92 Å². The van der Waals surface area contributed by atoms with Gasteiger partial charge in [-0.15, -0.1) is 0 Å². The summed E-state index contributed by atoms with van der Waals surface area (Å²) in [6.07, 6.45) is 2.44. The second kappa shape index (κ2) is 10.9. The van der Waals surface area contributed by atoms with Gasteiger partial charge in [0.1, 0.15) is 12.1 Å². The quantitative estimate of drug-likeness (QED) is 0.485. The third-order valence-electron chi connectivity index (χ3n) is 5.59. The molecule has 3 atom stereocenters. The molecule has 168 valence electrons. The number of sulfonamides is 1. The van der Waals surface area contributed by atoms with E-state index in [4.69, 9.17) is 14.5 Å². The molecule has 2 aromatic carbocycles. The Kier molecular flexibility index (Phi) is 8.23. The summed E-state index contributed by atoms with van der Waals surface area (Å²) in [4.78, 5) is 5.12. The predicted octanol–water partition coefficient (Wildman–Crippen LogP) is 4.30. The van der Waals surface area contributed by atoms with Crippen LogP contribution in [0.2, 0.25) is 0 Å². The van der Waals surface area contributed by atoms with Crippen molar-refractivity contribution < 1.29 is 17.9 Å². The third-order valence-corrected chi connectivity index (χ3v) is 7.46. The molecule has 0 aliphatic carbocycles. The lowest BCUT2D eigenvalue weighted by Crippen LogP contribution is -2.28. The summed E-state index contributed by atoms with van der Waals surface area (Å²) < 4.78 is 38.2. The van der Waals surface area contributed by atoms with Crippen LogP contribution in [-0.2, 0) is 19.5 Å². The minimum Gasteiger partial charge on any atom is -0.470 e. The zero-order valence-corrected chi connectivity index (χ0v) is 19.3. The minimum absolute atomic E-state index is 0.0491. The van der Waals surface area contributed by atoms with Crippen LogP contribution in [0.5, 0.6) is 0 Å². The number of rotatable bonds is 11. The molecule has 3 rings (SSSR count). The van der Waals surface area contributed by atoms with Crippen LogP contribution in [0.1, 0.15) is 37.9 Å². The minimum atomic E-state index is -3.44. The number of methoxy groups -OCH3 is 1. The van der Waals surface area contributed by atoms with Crippen molar-refractivity contribution in [2.75, 3.05) is 27.3 Å². The van der Waals surface area contributed by atoms with Crippen LogP contribution < -0.4 is 0 Å². The second-order valence-corrected chi connectivity index (χ2v) is 10.0. The third kappa shape index (κ3) is 5.93. The summed E-state index contributed by atoms with van der Waals surface area (Å²) in [5, 5.41) is 0. The van der Waals surface area contributed by atoms with Crippen LogP contribution in [0.15, 0.2) is 70.6 Å². The van der Waals surface area contributed by atoms with Crippen LogP contribution in [-0.4, -0.2) is 52.0 Å². The number of aliphatic imine (C=N–C) groups is 1. The molecule has 6 nitrogen and oxygen atoms in total. The molecule has 0 fully saturated rings. The molecule has 0 saturated heterocycles. The van der Waals surface area contributed by atoms with Crippen molar-refractivity contribution in [3.8, 4) is 0 Å². The standard InChI is InChI=1S/C24H32N2O4S/c1-19(12-10-11-17-26(2)31(27,28)21-15-8-5-9-16-21)24-25-22(18-29-3)23(30-24)20-13-6-4-7-14-20/h4-9,13-16,19,22-23H,10-12,17-18H2,1-3H3/t19?,22-,23-/m0/s1. The lowest BCUT2D eigenvalue weighted by Gasteiger charge is -2.19. The van der Waals surface area contributed by atoms with Crippen LogP contribution in [0.4, 0.5) is 0 Å². The number of hydrogen-bond donors (Lipinski definition) is 0. The molecule has 0 bridgehead atoms.